The SMILES string of the molecule is COC(=O)c1ccc(NC(=O)c2ccc(OCCc3ccccc3)cc2)cc1. The first-order valence-electron chi connectivity index (χ1n) is 8.92. The molecule has 0 aliphatic carbocycles. The van der Waals surface area contributed by atoms with Gasteiger partial charge in [-0.15, -0.1) is 0 Å². The van der Waals surface area contributed by atoms with E-state index in [-0.39, 0.29) is 5.91 Å². The molecule has 3 rings (SSSR count). The summed E-state index contributed by atoms with van der Waals surface area (Å²) in [6.45, 7) is 0.572. The van der Waals surface area contributed by atoms with E-state index in [1.807, 2.05) is 18.2 Å². The Balaban J connectivity index is 1.52. The Labute approximate surface area is 163 Å². The van der Waals surface area contributed by atoms with E-state index in [0.717, 1.165) is 12.2 Å². The van der Waals surface area contributed by atoms with Crippen molar-refractivity contribution in [3.63, 3.8) is 0 Å². The lowest BCUT2D eigenvalue weighted by molar-refractivity contribution is 0.0600. The molecule has 0 unspecified atom stereocenters. The van der Waals surface area contributed by atoms with Crippen molar-refractivity contribution in [2.75, 3.05) is 19.0 Å². The third kappa shape index (κ3) is 5.20. The fourth-order valence-electron chi connectivity index (χ4n) is 2.64. The molecule has 0 aliphatic rings. The van der Waals surface area contributed by atoms with Crippen LogP contribution in [-0.2, 0) is 11.2 Å². The standard InChI is InChI=1S/C23H21NO4/c1-27-23(26)19-7-11-20(12-8-19)24-22(25)18-9-13-21(14-10-18)28-16-15-17-5-3-2-4-6-17/h2-14H,15-16H2,1H3,(H,24,25). The molecule has 0 radical (unpaired) electrons. The monoisotopic (exact) mass is 375 g/mol. The summed E-state index contributed by atoms with van der Waals surface area (Å²) in [5, 5.41) is 2.79. The third-order valence-electron chi connectivity index (χ3n) is 4.18. The summed E-state index contributed by atoms with van der Waals surface area (Å²) in [4.78, 5) is 23.8. The van der Waals surface area contributed by atoms with Gasteiger partial charge in [-0.2, -0.15) is 0 Å². The van der Waals surface area contributed by atoms with E-state index in [0.29, 0.717) is 23.4 Å². The summed E-state index contributed by atoms with van der Waals surface area (Å²) in [5.74, 6) is 0.0669. The lowest BCUT2D eigenvalue weighted by atomic mass is 10.1. The van der Waals surface area contributed by atoms with E-state index in [1.165, 1.54) is 12.7 Å². The molecular formula is C23H21NO4. The first-order chi connectivity index (χ1) is 13.7. The Morgan fingerprint density at radius 3 is 2.11 bits per heavy atom. The molecule has 142 valence electrons. The number of carbonyl (C=O) groups is 2. The Morgan fingerprint density at radius 2 is 1.46 bits per heavy atom. The van der Waals surface area contributed by atoms with Gasteiger partial charge in [0.1, 0.15) is 5.75 Å². The average molecular weight is 375 g/mol. The molecule has 3 aromatic carbocycles. The van der Waals surface area contributed by atoms with Gasteiger partial charge in [-0.25, -0.2) is 4.79 Å². The topological polar surface area (TPSA) is 64.6 Å². The van der Waals surface area contributed by atoms with E-state index in [9.17, 15) is 9.59 Å². The Bertz CT molecular complexity index is 919. The number of amides is 1. The highest BCUT2D eigenvalue weighted by molar-refractivity contribution is 6.04. The van der Waals surface area contributed by atoms with E-state index in [4.69, 9.17) is 4.74 Å². The van der Waals surface area contributed by atoms with Crippen LogP contribution in [0.15, 0.2) is 78.9 Å². The Kier molecular flexibility index (Phi) is 6.41. The second-order valence-electron chi connectivity index (χ2n) is 6.13. The average Bonchev–Trinajstić information content (AvgIpc) is 2.75. The van der Waals surface area contributed by atoms with Crippen LogP contribution in [0.3, 0.4) is 0 Å². The van der Waals surface area contributed by atoms with Crippen molar-refractivity contribution < 1.29 is 19.1 Å². The second-order valence-corrected chi connectivity index (χ2v) is 6.13. The molecule has 0 fully saturated rings. The molecule has 28 heavy (non-hydrogen) atoms. The fourth-order valence-corrected chi connectivity index (χ4v) is 2.64. The van der Waals surface area contributed by atoms with Crippen molar-refractivity contribution in [1.82, 2.24) is 0 Å². The van der Waals surface area contributed by atoms with Gasteiger partial charge < -0.3 is 14.8 Å². The molecule has 0 aromatic heterocycles. The minimum Gasteiger partial charge on any atom is -0.493 e. The summed E-state index contributed by atoms with van der Waals surface area (Å²) in [6, 6.07) is 23.6. The summed E-state index contributed by atoms with van der Waals surface area (Å²) in [5.41, 5.74) is 2.77. The Morgan fingerprint density at radius 1 is 0.821 bits per heavy atom. The maximum Gasteiger partial charge on any atom is 0.337 e. The number of anilines is 1. The highest BCUT2D eigenvalue weighted by Gasteiger charge is 2.08. The Hall–Kier alpha value is -3.60. The summed E-state index contributed by atoms with van der Waals surface area (Å²) in [7, 11) is 1.33. The summed E-state index contributed by atoms with van der Waals surface area (Å²) in [6.07, 6.45) is 0.824. The van der Waals surface area contributed by atoms with Crippen LogP contribution in [0.2, 0.25) is 0 Å². The van der Waals surface area contributed by atoms with Gasteiger partial charge in [-0.1, -0.05) is 30.3 Å². The molecule has 0 saturated heterocycles. The molecule has 3 aromatic rings. The molecule has 1 amide bonds. The van der Waals surface area contributed by atoms with Crippen LogP contribution in [0.1, 0.15) is 26.3 Å². The van der Waals surface area contributed by atoms with E-state index >= 15 is 0 Å². The van der Waals surface area contributed by atoms with Crippen LogP contribution in [-0.4, -0.2) is 25.6 Å². The highest BCUT2D eigenvalue weighted by Crippen LogP contribution is 2.16. The zero-order valence-corrected chi connectivity index (χ0v) is 15.6. The van der Waals surface area contributed by atoms with Crippen molar-refractivity contribution in [3.05, 3.63) is 95.6 Å². The van der Waals surface area contributed by atoms with Gasteiger partial charge >= 0.3 is 5.97 Å². The molecule has 0 atom stereocenters. The lowest BCUT2D eigenvalue weighted by Gasteiger charge is -2.08. The maximum atomic E-state index is 12.4. The van der Waals surface area contributed by atoms with E-state index < -0.39 is 5.97 Å². The number of ether oxygens (including phenoxy) is 2. The quantitative estimate of drug-likeness (QED) is 0.624. The number of rotatable bonds is 7. The zero-order valence-electron chi connectivity index (χ0n) is 15.6. The molecule has 0 heterocycles. The van der Waals surface area contributed by atoms with Gasteiger partial charge in [0.25, 0.3) is 5.91 Å². The van der Waals surface area contributed by atoms with Gasteiger partial charge in [0.2, 0.25) is 0 Å². The first-order valence-corrected chi connectivity index (χ1v) is 8.92. The minimum absolute atomic E-state index is 0.235. The zero-order chi connectivity index (χ0) is 19.8. The van der Waals surface area contributed by atoms with Crippen LogP contribution >= 0.6 is 0 Å². The number of nitrogens with one attached hydrogen (secondary N) is 1. The molecule has 1 N–H and O–H groups in total. The number of esters is 1. The van der Waals surface area contributed by atoms with Gasteiger partial charge in [0.05, 0.1) is 19.3 Å². The van der Waals surface area contributed by atoms with Crippen molar-refractivity contribution in [1.29, 1.82) is 0 Å². The lowest BCUT2D eigenvalue weighted by Crippen LogP contribution is -2.12. The number of hydrogen-bond donors (Lipinski definition) is 1. The van der Waals surface area contributed by atoms with Crippen molar-refractivity contribution in [2.24, 2.45) is 0 Å². The predicted molar refractivity (Wildman–Crippen MR) is 108 cm³/mol. The van der Waals surface area contributed by atoms with Crippen LogP contribution in [0.25, 0.3) is 0 Å². The molecule has 5 nitrogen and oxygen atoms in total. The molecule has 0 spiro atoms. The largest absolute Gasteiger partial charge is 0.493 e. The minimum atomic E-state index is -0.416. The normalized spacial score (nSPS) is 10.2. The fraction of sp³-hybridized carbons (Fsp3) is 0.130. The van der Waals surface area contributed by atoms with Gasteiger partial charge in [0.15, 0.2) is 0 Å². The van der Waals surface area contributed by atoms with Crippen LogP contribution in [0.4, 0.5) is 5.69 Å². The summed E-state index contributed by atoms with van der Waals surface area (Å²) < 4.78 is 10.4. The number of hydrogen-bond acceptors (Lipinski definition) is 4. The molecular weight excluding hydrogens is 354 g/mol. The summed E-state index contributed by atoms with van der Waals surface area (Å²) >= 11 is 0. The predicted octanol–water partition coefficient (Wildman–Crippen LogP) is 4.35. The van der Waals surface area contributed by atoms with Crippen molar-refractivity contribution >= 4 is 17.6 Å². The van der Waals surface area contributed by atoms with Crippen LogP contribution < -0.4 is 10.1 Å². The third-order valence-corrected chi connectivity index (χ3v) is 4.18. The van der Waals surface area contributed by atoms with Crippen LogP contribution in [0, 0.1) is 0 Å². The van der Waals surface area contributed by atoms with E-state index in [2.05, 4.69) is 22.2 Å². The maximum absolute atomic E-state index is 12.4. The molecule has 0 aliphatic heterocycles. The number of carbonyl (C=O) groups excluding carboxylic acids is 2. The molecule has 5 heteroatoms. The molecule has 0 saturated carbocycles. The van der Waals surface area contributed by atoms with Crippen LogP contribution in [0.5, 0.6) is 5.75 Å². The molecule has 0 bridgehead atoms. The van der Waals surface area contributed by atoms with Gasteiger partial charge in [-0.05, 0) is 54.1 Å². The second kappa shape index (κ2) is 9.37. The van der Waals surface area contributed by atoms with E-state index in [1.54, 1.807) is 48.5 Å². The van der Waals surface area contributed by atoms with Gasteiger partial charge in [-0.3, -0.25) is 4.79 Å². The number of methoxy groups -OCH3 is 1. The number of benzene rings is 3. The smallest absolute Gasteiger partial charge is 0.337 e. The highest BCUT2D eigenvalue weighted by atomic mass is 16.5. The van der Waals surface area contributed by atoms with Crippen molar-refractivity contribution in [3.8, 4) is 5.75 Å². The first kappa shape index (κ1) is 19.2. The van der Waals surface area contributed by atoms with Gasteiger partial charge in [0, 0.05) is 17.7 Å². The van der Waals surface area contributed by atoms with Crippen molar-refractivity contribution in [2.45, 2.75) is 6.42 Å².